The van der Waals surface area contributed by atoms with Gasteiger partial charge in [0.25, 0.3) is 0 Å². The molecule has 4 nitrogen and oxygen atoms in total. The van der Waals surface area contributed by atoms with Crippen LogP contribution >= 0.6 is 0 Å². The van der Waals surface area contributed by atoms with E-state index in [9.17, 15) is 0 Å². The molecule has 0 fully saturated rings. The van der Waals surface area contributed by atoms with Crippen LogP contribution in [0.4, 0.5) is 17.1 Å². The van der Waals surface area contributed by atoms with E-state index < -0.39 is 0 Å². The Labute approximate surface area is 188 Å². The Morgan fingerprint density at radius 3 is 2.41 bits per heavy atom. The van der Waals surface area contributed by atoms with Crippen LogP contribution < -0.4 is 10.6 Å². The number of hydrogen-bond acceptors (Lipinski definition) is 3. The van der Waals surface area contributed by atoms with E-state index >= 15 is 0 Å². The topological polar surface area (TPSA) is 52.7 Å². The van der Waals surface area contributed by atoms with E-state index in [4.69, 9.17) is 4.98 Å². The highest BCUT2D eigenvalue weighted by molar-refractivity contribution is 5.93. The lowest BCUT2D eigenvalue weighted by Gasteiger charge is -2.13. The molecule has 2 heterocycles. The van der Waals surface area contributed by atoms with Crippen molar-refractivity contribution < 1.29 is 0 Å². The minimum atomic E-state index is 0.893. The summed E-state index contributed by atoms with van der Waals surface area (Å²) in [5.41, 5.74) is 8.02. The molecule has 0 aliphatic carbocycles. The maximum atomic E-state index is 4.80. The van der Waals surface area contributed by atoms with Gasteiger partial charge in [0.2, 0.25) is 0 Å². The van der Waals surface area contributed by atoms with Crippen molar-refractivity contribution in [1.29, 1.82) is 0 Å². The van der Waals surface area contributed by atoms with Gasteiger partial charge in [-0.05, 0) is 60.9 Å². The summed E-state index contributed by atoms with van der Waals surface area (Å²) >= 11 is 0. The summed E-state index contributed by atoms with van der Waals surface area (Å²) in [6, 6.07) is 27.5. The largest absolute Gasteiger partial charge is 0.385 e. The molecule has 0 aliphatic rings. The predicted molar refractivity (Wildman–Crippen MR) is 136 cm³/mol. The summed E-state index contributed by atoms with van der Waals surface area (Å²) in [5.74, 6) is 0. The first-order valence-corrected chi connectivity index (χ1v) is 11.3. The van der Waals surface area contributed by atoms with Crippen LogP contribution in [0.15, 0.2) is 85.1 Å². The molecule has 5 aromatic rings. The standard InChI is InChI=1S/C28H28N4/c1-2-7-23-18-28(25-9-4-6-11-27(25)32-23)31-22-14-12-21(13-15-22)29-17-16-20-19-30-26-10-5-3-8-24(20)26/h3-6,8-15,18-19,29-30H,2,7,16-17H2,1H3,(H,31,32). The fourth-order valence-electron chi connectivity index (χ4n) is 4.22. The van der Waals surface area contributed by atoms with Crippen molar-refractivity contribution >= 4 is 38.9 Å². The molecule has 0 atom stereocenters. The van der Waals surface area contributed by atoms with Crippen molar-refractivity contribution in [2.75, 3.05) is 17.2 Å². The Hall–Kier alpha value is -3.79. The lowest BCUT2D eigenvalue weighted by molar-refractivity contribution is 0.890. The zero-order chi connectivity index (χ0) is 21.8. The first-order chi connectivity index (χ1) is 15.8. The second-order valence-electron chi connectivity index (χ2n) is 8.17. The van der Waals surface area contributed by atoms with Gasteiger partial charge in [-0.1, -0.05) is 49.7 Å². The molecule has 3 N–H and O–H groups in total. The van der Waals surface area contributed by atoms with Crippen LogP contribution in [0.1, 0.15) is 24.6 Å². The van der Waals surface area contributed by atoms with Crippen molar-refractivity contribution in [3.63, 3.8) is 0 Å². The molecule has 0 aliphatic heterocycles. The highest BCUT2D eigenvalue weighted by Crippen LogP contribution is 2.27. The van der Waals surface area contributed by atoms with Crippen molar-refractivity contribution in [3.8, 4) is 0 Å². The Morgan fingerprint density at radius 2 is 1.56 bits per heavy atom. The highest BCUT2D eigenvalue weighted by atomic mass is 14.9. The maximum absolute atomic E-state index is 4.80. The molecule has 0 saturated heterocycles. The Kier molecular flexibility index (Phi) is 5.75. The fourth-order valence-corrected chi connectivity index (χ4v) is 4.22. The average molecular weight is 421 g/mol. The van der Waals surface area contributed by atoms with Gasteiger partial charge >= 0.3 is 0 Å². The Bertz CT molecular complexity index is 1330. The smallest absolute Gasteiger partial charge is 0.0726 e. The summed E-state index contributed by atoms with van der Waals surface area (Å²) in [5, 5.41) is 9.60. The SMILES string of the molecule is CCCc1cc(Nc2ccc(NCCc3c[nH]c4ccccc34)cc2)c2ccccc2n1. The number of fused-ring (bicyclic) bond motifs is 2. The number of aryl methyl sites for hydroxylation is 1. The van der Waals surface area contributed by atoms with Gasteiger partial charge in [0, 0.05) is 51.8 Å². The van der Waals surface area contributed by atoms with E-state index in [0.29, 0.717) is 0 Å². The second kappa shape index (κ2) is 9.15. The summed E-state index contributed by atoms with van der Waals surface area (Å²) in [6.07, 6.45) is 5.17. The molecule has 0 radical (unpaired) electrons. The lowest BCUT2D eigenvalue weighted by Crippen LogP contribution is -2.04. The lowest BCUT2D eigenvalue weighted by atomic mass is 10.1. The monoisotopic (exact) mass is 420 g/mol. The zero-order valence-corrected chi connectivity index (χ0v) is 18.4. The van der Waals surface area contributed by atoms with Gasteiger partial charge in [-0.25, -0.2) is 0 Å². The molecule has 32 heavy (non-hydrogen) atoms. The molecular weight excluding hydrogens is 392 g/mol. The number of nitrogens with one attached hydrogen (secondary N) is 3. The van der Waals surface area contributed by atoms with Crippen molar-refractivity contribution in [2.24, 2.45) is 0 Å². The molecule has 0 unspecified atom stereocenters. The number of aromatic amines is 1. The van der Waals surface area contributed by atoms with E-state index in [0.717, 1.165) is 59.5 Å². The summed E-state index contributed by atoms with van der Waals surface area (Å²) in [6.45, 7) is 3.08. The summed E-state index contributed by atoms with van der Waals surface area (Å²) < 4.78 is 0. The van der Waals surface area contributed by atoms with Crippen molar-refractivity contribution in [1.82, 2.24) is 9.97 Å². The third-order valence-electron chi connectivity index (χ3n) is 5.84. The van der Waals surface area contributed by atoms with Crippen LogP contribution in [-0.4, -0.2) is 16.5 Å². The van der Waals surface area contributed by atoms with Gasteiger partial charge in [-0.3, -0.25) is 4.98 Å². The van der Waals surface area contributed by atoms with Crippen molar-refractivity contribution in [3.05, 3.63) is 96.3 Å². The number of para-hydroxylation sites is 2. The molecule has 0 spiro atoms. The van der Waals surface area contributed by atoms with Gasteiger partial charge < -0.3 is 15.6 Å². The number of pyridine rings is 1. The molecule has 0 bridgehead atoms. The molecule has 4 heteroatoms. The normalized spacial score (nSPS) is 11.2. The quantitative estimate of drug-likeness (QED) is 0.252. The second-order valence-corrected chi connectivity index (χ2v) is 8.17. The first-order valence-electron chi connectivity index (χ1n) is 11.3. The van der Waals surface area contributed by atoms with Crippen LogP contribution in [-0.2, 0) is 12.8 Å². The molecule has 0 amide bonds. The van der Waals surface area contributed by atoms with Gasteiger partial charge in [0.15, 0.2) is 0 Å². The number of H-pyrrole nitrogens is 1. The number of rotatable bonds is 8. The minimum Gasteiger partial charge on any atom is -0.385 e. The molecule has 5 rings (SSSR count). The van der Waals surface area contributed by atoms with E-state index in [-0.39, 0.29) is 0 Å². The van der Waals surface area contributed by atoms with E-state index in [1.54, 1.807) is 0 Å². The maximum Gasteiger partial charge on any atom is 0.0726 e. The van der Waals surface area contributed by atoms with Crippen LogP contribution in [0.2, 0.25) is 0 Å². The van der Waals surface area contributed by atoms with Crippen molar-refractivity contribution in [2.45, 2.75) is 26.2 Å². The molecule has 160 valence electrons. The van der Waals surface area contributed by atoms with E-state index in [2.05, 4.69) is 102 Å². The number of aromatic nitrogens is 2. The van der Waals surface area contributed by atoms with Gasteiger partial charge in [0.1, 0.15) is 0 Å². The van der Waals surface area contributed by atoms with E-state index in [1.807, 2.05) is 6.07 Å². The van der Waals surface area contributed by atoms with Crippen LogP contribution in [0.25, 0.3) is 21.8 Å². The first kappa shape index (κ1) is 20.1. The number of benzene rings is 3. The number of hydrogen-bond donors (Lipinski definition) is 3. The minimum absolute atomic E-state index is 0.893. The van der Waals surface area contributed by atoms with Crippen LogP contribution in [0.5, 0.6) is 0 Å². The molecule has 2 aromatic heterocycles. The third-order valence-corrected chi connectivity index (χ3v) is 5.84. The van der Waals surface area contributed by atoms with Gasteiger partial charge in [-0.2, -0.15) is 0 Å². The van der Waals surface area contributed by atoms with E-state index in [1.165, 1.54) is 16.5 Å². The highest BCUT2D eigenvalue weighted by Gasteiger charge is 2.06. The third kappa shape index (κ3) is 4.30. The number of anilines is 3. The molecule has 3 aromatic carbocycles. The van der Waals surface area contributed by atoms with Gasteiger partial charge in [-0.15, -0.1) is 0 Å². The Balaban J connectivity index is 1.26. The van der Waals surface area contributed by atoms with Crippen LogP contribution in [0, 0.1) is 0 Å². The number of nitrogens with zero attached hydrogens (tertiary/aromatic N) is 1. The summed E-state index contributed by atoms with van der Waals surface area (Å²) in [7, 11) is 0. The predicted octanol–water partition coefficient (Wildman–Crippen LogP) is 7.07. The molecule has 0 saturated carbocycles. The Morgan fingerprint density at radius 1 is 0.812 bits per heavy atom. The fraction of sp³-hybridized carbons (Fsp3) is 0.179. The van der Waals surface area contributed by atoms with Gasteiger partial charge in [0.05, 0.1) is 5.52 Å². The summed E-state index contributed by atoms with van der Waals surface area (Å²) in [4.78, 5) is 8.15. The zero-order valence-electron chi connectivity index (χ0n) is 18.4. The average Bonchev–Trinajstić information content (AvgIpc) is 3.24. The molecular formula is C28H28N4. The van der Waals surface area contributed by atoms with Crippen LogP contribution in [0.3, 0.4) is 0 Å².